The fourth-order valence-electron chi connectivity index (χ4n) is 2.30. The van der Waals surface area contributed by atoms with Crippen LogP contribution in [0.15, 0.2) is 24.4 Å². The number of halogens is 1. The van der Waals surface area contributed by atoms with Gasteiger partial charge in [0.15, 0.2) is 0 Å². The molecule has 4 nitrogen and oxygen atoms in total. The van der Waals surface area contributed by atoms with Crippen molar-refractivity contribution in [2.75, 3.05) is 0 Å². The topological polar surface area (TPSA) is 62.0 Å². The highest BCUT2D eigenvalue weighted by atomic mass is 19.1. The first-order valence-electron chi connectivity index (χ1n) is 5.41. The molecule has 1 fully saturated rings. The van der Waals surface area contributed by atoms with Gasteiger partial charge in [0.25, 0.3) is 0 Å². The number of benzene rings is 1. The van der Waals surface area contributed by atoms with Gasteiger partial charge in [0.2, 0.25) is 11.8 Å². The van der Waals surface area contributed by atoms with Crippen molar-refractivity contribution in [1.29, 1.82) is 0 Å². The monoisotopic (exact) mass is 242 g/mol. The number of nitrogens with one attached hydrogen (secondary N) is 2. The molecule has 1 saturated heterocycles. The maximum absolute atomic E-state index is 13.3. The molecule has 2 N–H and O–H groups in total. The van der Waals surface area contributed by atoms with Gasteiger partial charge in [-0.3, -0.25) is 14.9 Å². The van der Waals surface area contributed by atoms with Gasteiger partial charge in [-0.1, -0.05) is 0 Å². The molecule has 0 bridgehead atoms. The minimum atomic E-state index is -1.43. The zero-order chi connectivity index (χ0) is 12.9. The van der Waals surface area contributed by atoms with Gasteiger partial charge < -0.3 is 4.98 Å². The summed E-state index contributed by atoms with van der Waals surface area (Å²) >= 11 is 0. The molecule has 18 heavy (non-hydrogen) atoms. The average Bonchev–Trinajstić information content (AvgIpc) is 2.81. The van der Waals surface area contributed by atoms with E-state index in [0.717, 1.165) is 0 Å². The van der Waals surface area contributed by atoms with Crippen LogP contribution in [0.4, 0.5) is 4.39 Å². The van der Waals surface area contributed by atoms with Crippen LogP contribution in [0.1, 0.15) is 12.0 Å². The quantitative estimate of drug-likeness (QED) is 0.571. The minimum absolute atomic E-state index is 0.130. The molecule has 0 aliphatic carbocycles. The lowest BCUT2D eigenvalue weighted by atomic mass is 9.63. The highest BCUT2D eigenvalue weighted by Gasteiger charge is 2.44. The molecular formula is C12H8BFN2O2. The standard InChI is InChI=1S/C12H8BFN2O2/c13-12(4-10(17)16-11(12)18)8-5-15-9-2-1-6(14)3-7(8)9/h1-3,5,15H,4H2,(H,16,17,18)/t12-/m0/s1. The number of aromatic nitrogens is 1. The van der Waals surface area contributed by atoms with Crippen molar-refractivity contribution in [2.45, 2.75) is 11.7 Å². The molecule has 1 aliphatic heterocycles. The Morgan fingerprint density at radius 3 is 2.78 bits per heavy atom. The number of amides is 2. The van der Waals surface area contributed by atoms with Gasteiger partial charge in [-0.15, -0.1) is 0 Å². The summed E-state index contributed by atoms with van der Waals surface area (Å²) in [6, 6.07) is 4.17. The maximum atomic E-state index is 13.3. The average molecular weight is 242 g/mol. The second-order valence-electron chi connectivity index (χ2n) is 4.42. The predicted octanol–water partition coefficient (Wildman–Crippen LogP) is 0.717. The number of carbonyl (C=O) groups is 2. The fourth-order valence-corrected chi connectivity index (χ4v) is 2.30. The molecule has 1 aromatic heterocycles. The number of hydrogen-bond acceptors (Lipinski definition) is 2. The summed E-state index contributed by atoms with van der Waals surface area (Å²) in [4.78, 5) is 26.0. The number of H-pyrrole nitrogens is 1. The molecular weight excluding hydrogens is 234 g/mol. The van der Waals surface area contributed by atoms with Crippen LogP contribution >= 0.6 is 0 Å². The van der Waals surface area contributed by atoms with Crippen molar-refractivity contribution in [3.05, 3.63) is 35.8 Å². The van der Waals surface area contributed by atoms with Crippen LogP contribution in [0.3, 0.4) is 0 Å². The molecule has 2 amide bonds. The molecule has 6 heteroatoms. The first-order valence-corrected chi connectivity index (χ1v) is 5.41. The maximum Gasteiger partial charge on any atom is 0.228 e. The van der Waals surface area contributed by atoms with E-state index in [-0.39, 0.29) is 6.42 Å². The normalized spacial score (nSPS) is 23.6. The lowest BCUT2D eigenvalue weighted by Gasteiger charge is -2.19. The Balaban J connectivity index is 2.23. The summed E-state index contributed by atoms with van der Waals surface area (Å²) < 4.78 is 13.3. The Hall–Kier alpha value is -2.11. The van der Waals surface area contributed by atoms with E-state index < -0.39 is 22.9 Å². The number of hydrogen-bond donors (Lipinski definition) is 2. The Kier molecular flexibility index (Phi) is 2.11. The summed E-state index contributed by atoms with van der Waals surface area (Å²) in [5.41, 5.74) is 1.10. The number of aromatic amines is 1. The molecule has 2 aromatic rings. The minimum Gasteiger partial charge on any atom is -0.361 e. The van der Waals surface area contributed by atoms with E-state index >= 15 is 0 Å². The van der Waals surface area contributed by atoms with Crippen molar-refractivity contribution in [2.24, 2.45) is 0 Å². The first-order chi connectivity index (χ1) is 8.50. The van der Waals surface area contributed by atoms with Gasteiger partial charge in [-0.2, -0.15) is 0 Å². The highest BCUT2D eigenvalue weighted by molar-refractivity contribution is 6.35. The summed E-state index contributed by atoms with van der Waals surface area (Å²) in [6.07, 6.45) is 1.41. The van der Waals surface area contributed by atoms with Crippen LogP contribution < -0.4 is 5.32 Å². The third kappa shape index (κ3) is 1.38. The van der Waals surface area contributed by atoms with Crippen molar-refractivity contribution in [1.82, 2.24) is 10.3 Å². The number of imide groups is 1. The third-order valence-electron chi connectivity index (χ3n) is 3.22. The highest BCUT2D eigenvalue weighted by Crippen LogP contribution is 2.34. The largest absolute Gasteiger partial charge is 0.361 e. The zero-order valence-corrected chi connectivity index (χ0v) is 9.29. The molecule has 1 aromatic carbocycles. The predicted molar refractivity (Wildman–Crippen MR) is 63.5 cm³/mol. The Morgan fingerprint density at radius 1 is 1.33 bits per heavy atom. The van der Waals surface area contributed by atoms with E-state index in [1.807, 2.05) is 0 Å². The van der Waals surface area contributed by atoms with Crippen molar-refractivity contribution in [3.63, 3.8) is 0 Å². The molecule has 0 saturated carbocycles. The molecule has 3 rings (SSSR count). The van der Waals surface area contributed by atoms with Gasteiger partial charge in [0, 0.05) is 28.8 Å². The van der Waals surface area contributed by atoms with Gasteiger partial charge in [-0.05, 0) is 23.8 Å². The van der Waals surface area contributed by atoms with E-state index in [1.165, 1.54) is 12.1 Å². The van der Waals surface area contributed by atoms with Gasteiger partial charge >= 0.3 is 0 Å². The molecule has 1 atom stereocenters. The van der Waals surface area contributed by atoms with E-state index in [1.54, 1.807) is 12.3 Å². The fraction of sp³-hybridized carbons (Fsp3) is 0.167. The summed E-state index contributed by atoms with van der Waals surface area (Å²) in [5, 5.41) is 1.25. The van der Waals surface area contributed by atoms with Crippen molar-refractivity contribution >= 4 is 30.6 Å². The van der Waals surface area contributed by atoms with Gasteiger partial charge in [0.05, 0.1) is 7.85 Å². The summed E-state index contributed by atoms with van der Waals surface area (Å²) in [7, 11) is 6.00. The van der Waals surface area contributed by atoms with Crippen LogP contribution in [-0.4, -0.2) is 24.6 Å². The SMILES string of the molecule is [B][C@]1(c2c[nH]c3ccc(F)cc23)CC(=O)NC1=O. The Bertz CT molecular complexity index is 682. The number of fused-ring (bicyclic) bond motifs is 1. The molecule has 0 spiro atoms. The van der Waals surface area contributed by atoms with Gasteiger partial charge in [-0.25, -0.2) is 4.39 Å². The summed E-state index contributed by atoms with van der Waals surface area (Å²) in [6.45, 7) is 0. The first kappa shape index (κ1) is 11.0. The van der Waals surface area contributed by atoms with Crippen molar-refractivity contribution in [3.8, 4) is 0 Å². The van der Waals surface area contributed by atoms with E-state index in [4.69, 9.17) is 7.85 Å². The van der Waals surface area contributed by atoms with Crippen LogP contribution in [0, 0.1) is 5.82 Å². The second kappa shape index (κ2) is 3.44. The Morgan fingerprint density at radius 2 is 2.11 bits per heavy atom. The lowest BCUT2D eigenvalue weighted by molar-refractivity contribution is -0.125. The third-order valence-corrected chi connectivity index (χ3v) is 3.22. The second-order valence-corrected chi connectivity index (χ2v) is 4.42. The molecule has 2 heterocycles. The molecule has 1 aliphatic rings. The van der Waals surface area contributed by atoms with Crippen LogP contribution in [0.25, 0.3) is 10.9 Å². The lowest BCUT2D eigenvalue weighted by Crippen LogP contribution is -2.35. The molecule has 88 valence electrons. The van der Waals surface area contributed by atoms with Gasteiger partial charge in [0.1, 0.15) is 5.82 Å². The van der Waals surface area contributed by atoms with E-state index in [2.05, 4.69) is 10.3 Å². The Labute approximate surface area is 103 Å². The van der Waals surface area contributed by atoms with Crippen molar-refractivity contribution < 1.29 is 14.0 Å². The zero-order valence-electron chi connectivity index (χ0n) is 9.29. The summed E-state index contributed by atoms with van der Waals surface area (Å²) in [5.74, 6) is -1.40. The van der Waals surface area contributed by atoms with E-state index in [9.17, 15) is 14.0 Å². The van der Waals surface area contributed by atoms with E-state index in [0.29, 0.717) is 16.5 Å². The van der Waals surface area contributed by atoms with Crippen LogP contribution in [0.5, 0.6) is 0 Å². The molecule has 0 unspecified atom stereocenters. The van der Waals surface area contributed by atoms with Crippen LogP contribution in [-0.2, 0) is 14.9 Å². The number of rotatable bonds is 1. The van der Waals surface area contributed by atoms with Crippen LogP contribution in [0.2, 0.25) is 0 Å². The molecule has 2 radical (unpaired) electrons. The number of carbonyl (C=O) groups excluding carboxylic acids is 2. The smallest absolute Gasteiger partial charge is 0.228 e.